The van der Waals surface area contributed by atoms with Crippen LogP contribution in [0, 0.1) is 0 Å². The first-order valence-corrected chi connectivity index (χ1v) is 6.41. The number of carbonyl (C=O) groups is 1. The topological polar surface area (TPSA) is 59.8 Å². The predicted octanol–water partition coefficient (Wildman–Crippen LogP) is 1.86. The van der Waals surface area contributed by atoms with Gasteiger partial charge in [0.1, 0.15) is 0 Å². The molecule has 0 atom stereocenters. The maximum absolute atomic E-state index is 11.8. The number of rotatable bonds is 5. The molecule has 18 heavy (non-hydrogen) atoms. The minimum Gasteiger partial charge on any atom is -0.352 e. The summed E-state index contributed by atoms with van der Waals surface area (Å²) in [6.45, 7) is 1.41. The summed E-state index contributed by atoms with van der Waals surface area (Å²) in [5.41, 5.74) is 0.559. The number of hydrogen-bond acceptors (Lipinski definition) is 3. The van der Waals surface area contributed by atoms with Crippen molar-refractivity contribution < 1.29 is 4.79 Å². The highest BCUT2D eigenvalue weighted by Gasteiger charge is 2.05. The van der Waals surface area contributed by atoms with Crippen LogP contribution in [-0.2, 0) is 6.54 Å². The molecular weight excluding hydrogens is 296 g/mol. The lowest BCUT2D eigenvalue weighted by molar-refractivity contribution is 0.0952. The van der Waals surface area contributed by atoms with Crippen LogP contribution in [0.1, 0.15) is 16.8 Å². The van der Waals surface area contributed by atoms with Gasteiger partial charge >= 0.3 is 0 Å². The van der Waals surface area contributed by atoms with Crippen LogP contribution in [0.15, 0.2) is 41.4 Å². The summed E-state index contributed by atoms with van der Waals surface area (Å²) in [4.78, 5) is 15.7. The van der Waals surface area contributed by atoms with E-state index in [9.17, 15) is 4.79 Å². The van der Waals surface area contributed by atoms with E-state index in [1.807, 2.05) is 16.9 Å². The Morgan fingerprint density at radius 1 is 1.44 bits per heavy atom. The zero-order valence-electron chi connectivity index (χ0n) is 9.71. The van der Waals surface area contributed by atoms with Gasteiger partial charge < -0.3 is 5.32 Å². The second kappa shape index (κ2) is 6.30. The summed E-state index contributed by atoms with van der Waals surface area (Å²) in [5, 5.41) is 6.94. The number of amides is 1. The second-order valence-corrected chi connectivity index (χ2v) is 4.69. The van der Waals surface area contributed by atoms with E-state index in [1.165, 1.54) is 0 Å². The van der Waals surface area contributed by atoms with Crippen LogP contribution in [0.25, 0.3) is 0 Å². The summed E-state index contributed by atoms with van der Waals surface area (Å²) >= 11 is 3.28. The molecule has 2 aromatic rings. The molecule has 2 rings (SSSR count). The first kappa shape index (κ1) is 12.8. The summed E-state index contributed by atoms with van der Waals surface area (Å²) in [6, 6.07) is 3.63. The fourth-order valence-corrected chi connectivity index (χ4v) is 1.88. The quantitative estimate of drug-likeness (QED) is 0.858. The Morgan fingerprint density at radius 2 is 2.33 bits per heavy atom. The van der Waals surface area contributed by atoms with Crippen LogP contribution in [0.3, 0.4) is 0 Å². The lowest BCUT2D eigenvalue weighted by Gasteiger charge is -2.05. The first-order chi connectivity index (χ1) is 8.75. The molecule has 0 aliphatic rings. The second-order valence-electron chi connectivity index (χ2n) is 3.77. The van der Waals surface area contributed by atoms with Crippen molar-refractivity contribution >= 4 is 21.8 Å². The molecule has 0 saturated carbocycles. The molecule has 0 radical (unpaired) electrons. The van der Waals surface area contributed by atoms with Gasteiger partial charge in [-0.05, 0) is 34.5 Å². The number of carbonyl (C=O) groups excluding carboxylic acids is 1. The van der Waals surface area contributed by atoms with Gasteiger partial charge in [0.05, 0.1) is 5.56 Å². The zero-order chi connectivity index (χ0) is 12.8. The van der Waals surface area contributed by atoms with Gasteiger partial charge in [0.15, 0.2) is 0 Å². The normalized spacial score (nSPS) is 10.3. The number of aryl methyl sites for hydroxylation is 1. The summed E-state index contributed by atoms with van der Waals surface area (Å²) in [5.74, 6) is -0.107. The molecule has 1 amide bonds. The molecule has 6 heteroatoms. The van der Waals surface area contributed by atoms with E-state index in [0.717, 1.165) is 17.4 Å². The van der Waals surface area contributed by atoms with Crippen LogP contribution < -0.4 is 5.32 Å². The average molecular weight is 309 g/mol. The fraction of sp³-hybridized carbons (Fsp3) is 0.250. The summed E-state index contributed by atoms with van der Waals surface area (Å²) < 4.78 is 2.64. The van der Waals surface area contributed by atoms with E-state index in [-0.39, 0.29) is 5.91 Å². The maximum Gasteiger partial charge on any atom is 0.252 e. The minimum atomic E-state index is -0.107. The molecule has 2 aromatic heterocycles. The lowest BCUT2D eigenvalue weighted by atomic mass is 10.2. The third-order valence-electron chi connectivity index (χ3n) is 2.38. The van der Waals surface area contributed by atoms with Crippen LogP contribution >= 0.6 is 15.9 Å². The van der Waals surface area contributed by atoms with Gasteiger partial charge in [0.25, 0.3) is 5.91 Å². The molecule has 0 aromatic carbocycles. The number of halogens is 1. The predicted molar refractivity (Wildman–Crippen MR) is 71.1 cm³/mol. The first-order valence-electron chi connectivity index (χ1n) is 5.62. The Kier molecular flexibility index (Phi) is 4.46. The molecule has 0 unspecified atom stereocenters. The smallest absolute Gasteiger partial charge is 0.252 e. The van der Waals surface area contributed by atoms with E-state index in [0.29, 0.717) is 12.1 Å². The Morgan fingerprint density at radius 3 is 3.06 bits per heavy atom. The van der Waals surface area contributed by atoms with Crippen LogP contribution in [0.2, 0.25) is 0 Å². The molecule has 1 N–H and O–H groups in total. The van der Waals surface area contributed by atoms with Crippen molar-refractivity contribution in [1.29, 1.82) is 0 Å². The Bertz CT molecular complexity index is 513. The largest absolute Gasteiger partial charge is 0.352 e. The van der Waals surface area contributed by atoms with Gasteiger partial charge in [-0.1, -0.05) is 0 Å². The van der Waals surface area contributed by atoms with E-state index in [1.54, 1.807) is 24.7 Å². The van der Waals surface area contributed by atoms with Crippen LogP contribution in [-0.4, -0.2) is 27.2 Å². The highest BCUT2D eigenvalue weighted by atomic mass is 79.9. The highest BCUT2D eigenvalue weighted by molar-refractivity contribution is 9.10. The van der Waals surface area contributed by atoms with E-state index in [2.05, 4.69) is 31.3 Å². The number of aromatic nitrogens is 3. The van der Waals surface area contributed by atoms with E-state index in [4.69, 9.17) is 0 Å². The molecule has 0 aliphatic carbocycles. The van der Waals surface area contributed by atoms with Crippen molar-refractivity contribution in [1.82, 2.24) is 20.1 Å². The molecule has 2 heterocycles. The van der Waals surface area contributed by atoms with Crippen molar-refractivity contribution in [3.8, 4) is 0 Å². The Labute approximate surface area is 113 Å². The van der Waals surface area contributed by atoms with Crippen LogP contribution in [0.4, 0.5) is 0 Å². The Hall–Kier alpha value is -1.69. The van der Waals surface area contributed by atoms with Gasteiger partial charge in [0, 0.05) is 42.3 Å². The third kappa shape index (κ3) is 3.66. The molecule has 0 saturated heterocycles. The van der Waals surface area contributed by atoms with Gasteiger partial charge in [-0.15, -0.1) is 0 Å². The monoisotopic (exact) mass is 308 g/mol. The summed E-state index contributed by atoms with van der Waals surface area (Å²) in [6.07, 6.45) is 7.68. The van der Waals surface area contributed by atoms with Crippen LogP contribution in [0.5, 0.6) is 0 Å². The van der Waals surface area contributed by atoms with Gasteiger partial charge in [0.2, 0.25) is 0 Å². The average Bonchev–Trinajstić information content (AvgIpc) is 2.87. The Balaban J connectivity index is 1.75. The van der Waals surface area contributed by atoms with Crippen molar-refractivity contribution in [3.05, 3.63) is 47.0 Å². The van der Waals surface area contributed by atoms with Crippen molar-refractivity contribution in [2.75, 3.05) is 6.54 Å². The number of hydrogen-bond donors (Lipinski definition) is 1. The van der Waals surface area contributed by atoms with E-state index < -0.39 is 0 Å². The number of pyridine rings is 1. The number of nitrogens with one attached hydrogen (secondary N) is 1. The van der Waals surface area contributed by atoms with Crippen molar-refractivity contribution in [2.45, 2.75) is 13.0 Å². The maximum atomic E-state index is 11.8. The molecule has 94 valence electrons. The van der Waals surface area contributed by atoms with Crippen molar-refractivity contribution in [3.63, 3.8) is 0 Å². The van der Waals surface area contributed by atoms with E-state index >= 15 is 0 Å². The van der Waals surface area contributed by atoms with Gasteiger partial charge in [-0.25, -0.2) is 0 Å². The molecule has 5 nitrogen and oxygen atoms in total. The molecular formula is C12H13BrN4O. The molecule has 0 aliphatic heterocycles. The van der Waals surface area contributed by atoms with Crippen molar-refractivity contribution in [2.24, 2.45) is 0 Å². The third-order valence-corrected chi connectivity index (χ3v) is 2.81. The molecule has 0 fully saturated rings. The standard InChI is InChI=1S/C12H13BrN4O/c13-11-7-10(8-14-9-11)12(18)15-3-1-5-17-6-2-4-16-17/h2,4,6-9H,1,3,5H2,(H,15,18). The lowest BCUT2D eigenvalue weighted by Crippen LogP contribution is -2.25. The highest BCUT2D eigenvalue weighted by Crippen LogP contribution is 2.09. The summed E-state index contributed by atoms with van der Waals surface area (Å²) in [7, 11) is 0. The molecule has 0 bridgehead atoms. The SMILES string of the molecule is O=C(NCCCn1cccn1)c1cncc(Br)c1. The zero-order valence-corrected chi connectivity index (χ0v) is 11.3. The molecule has 0 spiro atoms. The minimum absolute atomic E-state index is 0.107. The van der Waals surface area contributed by atoms with Gasteiger partial charge in [-0.2, -0.15) is 5.10 Å². The fourth-order valence-electron chi connectivity index (χ4n) is 1.51. The van der Waals surface area contributed by atoms with Gasteiger partial charge in [-0.3, -0.25) is 14.5 Å². The number of nitrogens with zero attached hydrogens (tertiary/aromatic N) is 3.